The molecule has 3 nitrogen and oxygen atoms in total. The molecule has 3 heteroatoms. The van der Waals surface area contributed by atoms with Gasteiger partial charge >= 0.3 is 0 Å². The van der Waals surface area contributed by atoms with Crippen LogP contribution >= 0.6 is 0 Å². The Balaban J connectivity index is 2.00. The van der Waals surface area contributed by atoms with Crippen molar-refractivity contribution in [2.24, 2.45) is 0 Å². The van der Waals surface area contributed by atoms with Gasteiger partial charge in [0.25, 0.3) is 0 Å². The zero-order chi connectivity index (χ0) is 15.1. The van der Waals surface area contributed by atoms with Gasteiger partial charge in [0.05, 0.1) is 5.52 Å². The summed E-state index contributed by atoms with van der Waals surface area (Å²) >= 11 is 0. The molecular weight excluding hydrogens is 270 g/mol. The molecule has 0 radical (unpaired) electrons. The highest BCUT2D eigenvalue weighted by Gasteiger charge is 2.22. The van der Waals surface area contributed by atoms with Gasteiger partial charge in [-0.2, -0.15) is 0 Å². The number of aryl methyl sites for hydroxylation is 1. The highest BCUT2D eigenvalue weighted by molar-refractivity contribution is 5.98. The number of anilines is 1. The number of rotatable bonds is 3. The van der Waals surface area contributed by atoms with E-state index in [1.54, 1.807) is 0 Å². The lowest BCUT2D eigenvalue weighted by molar-refractivity contribution is 0.557. The van der Waals surface area contributed by atoms with Crippen LogP contribution in [0.25, 0.3) is 22.0 Å². The Kier molecular flexibility index (Phi) is 3.09. The molecule has 0 saturated carbocycles. The maximum Gasteiger partial charge on any atom is 0.129 e. The van der Waals surface area contributed by atoms with E-state index in [0.29, 0.717) is 5.82 Å². The number of nitrogen functional groups attached to an aromatic ring is 1. The van der Waals surface area contributed by atoms with E-state index in [1.165, 1.54) is 22.1 Å². The van der Waals surface area contributed by atoms with Gasteiger partial charge < -0.3 is 5.73 Å². The third-order valence-electron chi connectivity index (χ3n) is 4.29. The van der Waals surface area contributed by atoms with Crippen molar-refractivity contribution >= 4 is 16.7 Å². The molecule has 2 heterocycles. The monoisotopic (exact) mass is 289 g/mol. The van der Waals surface area contributed by atoms with Crippen molar-refractivity contribution < 1.29 is 0 Å². The average Bonchev–Trinajstić information content (AvgIpc) is 3.33. The molecule has 1 saturated heterocycles. The van der Waals surface area contributed by atoms with Crippen molar-refractivity contribution in [3.63, 3.8) is 0 Å². The number of nitrogens with two attached hydrogens (primary N) is 1. The second-order valence-corrected chi connectivity index (χ2v) is 6.01. The smallest absolute Gasteiger partial charge is 0.129 e. The van der Waals surface area contributed by atoms with Gasteiger partial charge in [0.15, 0.2) is 0 Å². The molecule has 0 unspecified atom stereocenters. The fraction of sp³-hybridized carbons (Fsp3) is 0.211. The van der Waals surface area contributed by atoms with E-state index in [1.807, 2.05) is 12.1 Å². The van der Waals surface area contributed by atoms with Gasteiger partial charge in [-0.15, -0.1) is 0 Å². The van der Waals surface area contributed by atoms with Crippen LogP contribution in [-0.4, -0.2) is 23.0 Å². The molecular formula is C19H19N3. The molecule has 1 aliphatic rings. The van der Waals surface area contributed by atoms with Crippen molar-refractivity contribution in [2.45, 2.75) is 13.5 Å². The lowest BCUT2D eigenvalue weighted by Gasteiger charge is -2.16. The molecule has 110 valence electrons. The predicted octanol–water partition coefficient (Wildman–Crippen LogP) is 3.61. The van der Waals surface area contributed by atoms with Gasteiger partial charge in [0, 0.05) is 30.6 Å². The zero-order valence-corrected chi connectivity index (χ0v) is 12.7. The summed E-state index contributed by atoms with van der Waals surface area (Å²) in [5, 5.41) is 1.18. The van der Waals surface area contributed by atoms with E-state index in [2.05, 4.69) is 53.2 Å². The summed E-state index contributed by atoms with van der Waals surface area (Å²) in [6.07, 6.45) is 0. The van der Waals surface area contributed by atoms with Crippen molar-refractivity contribution in [2.75, 3.05) is 18.8 Å². The van der Waals surface area contributed by atoms with E-state index >= 15 is 0 Å². The van der Waals surface area contributed by atoms with Gasteiger partial charge in [-0.3, -0.25) is 4.90 Å². The first-order valence-electron chi connectivity index (χ1n) is 7.69. The molecule has 2 aromatic carbocycles. The summed E-state index contributed by atoms with van der Waals surface area (Å²) in [7, 11) is 0. The number of para-hydroxylation sites is 1. The number of aromatic nitrogens is 1. The summed E-state index contributed by atoms with van der Waals surface area (Å²) in [4.78, 5) is 6.99. The maximum atomic E-state index is 6.29. The van der Waals surface area contributed by atoms with Crippen molar-refractivity contribution in [3.8, 4) is 11.1 Å². The fourth-order valence-corrected chi connectivity index (χ4v) is 2.93. The molecule has 1 aliphatic heterocycles. The first-order valence-corrected chi connectivity index (χ1v) is 7.69. The Hall–Kier alpha value is -2.39. The minimum absolute atomic E-state index is 0.654. The minimum atomic E-state index is 0.654. The third kappa shape index (κ3) is 2.34. The Morgan fingerprint density at radius 1 is 1.05 bits per heavy atom. The van der Waals surface area contributed by atoms with Gasteiger partial charge in [-0.1, -0.05) is 48.0 Å². The largest absolute Gasteiger partial charge is 0.383 e. The number of nitrogens with zero attached hydrogens (tertiary/aromatic N) is 2. The van der Waals surface area contributed by atoms with E-state index in [9.17, 15) is 0 Å². The number of pyridine rings is 1. The van der Waals surface area contributed by atoms with Gasteiger partial charge in [0.1, 0.15) is 5.82 Å². The topological polar surface area (TPSA) is 41.9 Å². The van der Waals surface area contributed by atoms with Crippen LogP contribution in [0.15, 0.2) is 48.5 Å². The Morgan fingerprint density at radius 2 is 1.77 bits per heavy atom. The fourth-order valence-electron chi connectivity index (χ4n) is 2.93. The number of hydrogen-bond acceptors (Lipinski definition) is 3. The van der Waals surface area contributed by atoms with Crippen LogP contribution in [0, 0.1) is 6.92 Å². The summed E-state index contributed by atoms with van der Waals surface area (Å²) in [6.45, 7) is 5.30. The van der Waals surface area contributed by atoms with Crippen LogP contribution in [0.1, 0.15) is 11.1 Å². The van der Waals surface area contributed by atoms with Crippen molar-refractivity contribution in [3.05, 3.63) is 59.7 Å². The molecule has 0 amide bonds. The van der Waals surface area contributed by atoms with Gasteiger partial charge in [-0.25, -0.2) is 4.98 Å². The van der Waals surface area contributed by atoms with E-state index in [0.717, 1.165) is 30.7 Å². The van der Waals surface area contributed by atoms with Crippen LogP contribution in [0.3, 0.4) is 0 Å². The Morgan fingerprint density at radius 3 is 2.50 bits per heavy atom. The molecule has 4 rings (SSSR count). The first-order chi connectivity index (χ1) is 10.7. The van der Waals surface area contributed by atoms with Crippen LogP contribution in [0.4, 0.5) is 5.82 Å². The van der Waals surface area contributed by atoms with E-state index in [4.69, 9.17) is 5.73 Å². The number of hydrogen-bond donors (Lipinski definition) is 1. The van der Waals surface area contributed by atoms with Crippen molar-refractivity contribution in [1.29, 1.82) is 0 Å². The summed E-state index contributed by atoms with van der Waals surface area (Å²) in [6, 6.07) is 16.9. The average molecular weight is 289 g/mol. The van der Waals surface area contributed by atoms with E-state index in [-0.39, 0.29) is 0 Å². The lowest BCUT2D eigenvalue weighted by Crippen LogP contribution is -2.06. The minimum Gasteiger partial charge on any atom is -0.383 e. The molecule has 0 spiro atoms. The van der Waals surface area contributed by atoms with Gasteiger partial charge in [0.2, 0.25) is 0 Å². The molecule has 0 aliphatic carbocycles. The maximum absolute atomic E-state index is 6.29. The standard InChI is InChI=1S/C19H19N3/c1-13-6-8-14(9-7-13)18-15-4-2-3-5-17(15)21-19(20)16(18)12-22-10-11-22/h2-9H,10-12H2,1H3,(H2,20,21). The van der Waals surface area contributed by atoms with Crippen LogP contribution in [-0.2, 0) is 6.54 Å². The van der Waals surface area contributed by atoms with Crippen LogP contribution in [0.2, 0.25) is 0 Å². The zero-order valence-electron chi connectivity index (χ0n) is 12.7. The highest BCUT2D eigenvalue weighted by Crippen LogP contribution is 2.35. The van der Waals surface area contributed by atoms with Crippen molar-refractivity contribution in [1.82, 2.24) is 9.88 Å². The predicted molar refractivity (Wildman–Crippen MR) is 91.6 cm³/mol. The second kappa shape index (κ2) is 5.11. The molecule has 0 bridgehead atoms. The normalized spacial score (nSPS) is 14.4. The lowest BCUT2D eigenvalue weighted by atomic mass is 9.95. The molecule has 1 aromatic heterocycles. The summed E-state index contributed by atoms with van der Waals surface area (Å²) in [5.41, 5.74) is 12.1. The molecule has 22 heavy (non-hydrogen) atoms. The van der Waals surface area contributed by atoms with E-state index < -0.39 is 0 Å². The Bertz CT molecular complexity index is 833. The number of fused-ring (bicyclic) bond motifs is 1. The SMILES string of the molecule is Cc1ccc(-c2c(CN3CC3)c(N)nc3ccccc23)cc1. The quantitative estimate of drug-likeness (QED) is 0.749. The third-order valence-corrected chi connectivity index (χ3v) is 4.29. The number of benzene rings is 2. The second-order valence-electron chi connectivity index (χ2n) is 6.01. The first kappa shape index (κ1) is 13.3. The highest BCUT2D eigenvalue weighted by atomic mass is 15.3. The molecule has 0 atom stereocenters. The Labute approximate surface area is 130 Å². The molecule has 2 N–H and O–H groups in total. The van der Waals surface area contributed by atoms with Crippen LogP contribution in [0.5, 0.6) is 0 Å². The molecule has 1 fully saturated rings. The summed E-state index contributed by atoms with van der Waals surface area (Å²) in [5.74, 6) is 0.654. The summed E-state index contributed by atoms with van der Waals surface area (Å²) < 4.78 is 0. The van der Waals surface area contributed by atoms with Gasteiger partial charge in [-0.05, 0) is 24.1 Å². The molecule has 3 aromatic rings. The van der Waals surface area contributed by atoms with Crippen LogP contribution < -0.4 is 5.73 Å².